The minimum Gasteiger partial charge on any atom is -0.368 e. The molecule has 4 aromatic rings. The summed E-state index contributed by atoms with van der Waals surface area (Å²) in [6.45, 7) is 0.165. The summed E-state index contributed by atoms with van der Waals surface area (Å²) in [7, 11) is 0. The van der Waals surface area contributed by atoms with E-state index in [0.717, 1.165) is 0 Å². The van der Waals surface area contributed by atoms with Crippen molar-refractivity contribution in [2.75, 3.05) is 0 Å². The number of rotatable bonds is 6. The van der Waals surface area contributed by atoms with E-state index in [4.69, 9.17) is 5.73 Å². The van der Waals surface area contributed by atoms with Gasteiger partial charge < -0.3 is 11.1 Å². The number of amides is 2. The summed E-state index contributed by atoms with van der Waals surface area (Å²) < 4.78 is 15.7. The molecule has 3 aromatic carbocycles. The van der Waals surface area contributed by atoms with E-state index >= 15 is 0 Å². The Hall–Kier alpha value is -4.00. The number of hydrogen-bond acceptors (Lipinski definition) is 3. The first-order valence-electron chi connectivity index (χ1n) is 9.38. The van der Waals surface area contributed by atoms with Crippen LogP contribution in [-0.2, 0) is 11.3 Å². The average Bonchev–Trinajstić information content (AvgIpc) is 3.12. The topological polar surface area (TPSA) is 90.0 Å². The molecule has 0 bridgehead atoms. The lowest BCUT2D eigenvalue weighted by atomic mass is 10.1. The zero-order chi connectivity index (χ0) is 21.1. The van der Waals surface area contributed by atoms with Crippen LogP contribution in [0.3, 0.4) is 0 Å². The van der Waals surface area contributed by atoms with Gasteiger partial charge in [-0.2, -0.15) is 5.10 Å². The summed E-state index contributed by atoms with van der Waals surface area (Å²) in [4.78, 5) is 25.0. The molecule has 3 N–H and O–H groups in total. The third kappa shape index (κ3) is 3.77. The number of nitrogens with two attached hydrogens (primary N) is 1. The highest BCUT2D eigenvalue weighted by Crippen LogP contribution is 2.21. The van der Waals surface area contributed by atoms with Crippen LogP contribution in [0.25, 0.3) is 10.9 Å². The molecule has 0 aliphatic heterocycles. The first kappa shape index (κ1) is 19.3. The van der Waals surface area contributed by atoms with Crippen molar-refractivity contribution in [1.29, 1.82) is 0 Å². The number of aromatic nitrogens is 2. The Labute approximate surface area is 172 Å². The average molecular weight is 402 g/mol. The summed E-state index contributed by atoms with van der Waals surface area (Å²) in [6, 6.07) is 21.4. The predicted octanol–water partition coefficient (Wildman–Crippen LogP) is 3.18. The molecule has 150 valence electrons. The minimum atomic E-state index is -0.991. The highest BCUT2D eigenvalue weighted by atomic mass is 19.1. The second-order valence-corrected chi connectivity index (χ2v) is 6.83. The number of para-hydroxylation sites is 1. The van der Waals surface area contributed by atoms with Crippen molar-refractivity contribution in [3.05, 3.63) is 102 Å². The highest BCUT2D eigenvalue weighted by Gasteiger charge is 2.24. The van der Waals surface area contributed by atoms with Gasteiger partial charge in [0.1, 0.15) is 11.9 Å². The van der Waals surface area contributed by atoms with Crippen molar-refractivity contribution in [3.63, 3.8) is 0 Å². The molecule has 6 nitrogen and oxygen atoms in total. The largest absolute Gasteiger partial charge is 0.368 e. The molecule has 1 unspecified atom stereocenters. The molecule has 0 radical (unpaired) electrons. The van der Waals surface area contributed by atoms with E-state index in [1.165, 1.54) is 6.07 Å². The van der Waals surface area contributed by atoms with Gasteiger partial charge in [-0.25, -0.2) is 4.39 Å². The van der Waals surface area contributed by atoms with Crippen molar-refractivity contribution in [2.24, 2.45) is 5.73 Å². The fraction of sp³-hybridized carbons (Fsp3) is 0.0870. The van der Waals surface area contributed by atoms with Crippen LogP contribution < -0.4 is 11.1 Å². The van der Waals surface area contributed by atoms with E-state index in [9.17, 15) is 14.0 Å². The van der Waals surface area contributed by atoms with Crippen molar-refractivity contribution in [3.8, 4) is 0 Å². The molecule has 1 atom stereocenters. The first-order chi connectivity index (χ1) is 14.5. The van der Waals surface area contributed by atoms with Crippen LogP contribution in [-0.4, -0.2) is 21.6 Å². The SMILES string of the molecule is NC(=O)C(NC(=O)c1nn(Cc2ccccc2F)c2ccccc12)c1ccccc1. The molecule has 0 aliphatic rings. The third-order valence-electron chi connectivity index (χ3n) is 4.84. The monoisotopic (exact) mass is 402 g/mol. The number of carbonyl (C=O) groups excluding carboxylic acids is 2. The van der Waals surface area contributed by atoms with Gasteiger partial charge in [0.25, 0.3) is 5.91 Å². The number of halogens is 1. The van der Waals surface area contributed by atoms with Gasteiger partial charge in [-0.3, -0.25) is 14.3 Å². The number of carbonyl (C=O) groups is 2. The summed E-state index contributed by atoms with van der Waals surface area (Å²) in [6.07, 6.45) is 0. The summed E-state index contributed by atoms with van der Waals surface area (Å²) in [5, 5.41) is 7.68. The molecule has 30 heavy (non-hydrogen) atoms. The Balaban J connectivity index is 1.69. The van der Waals surface area contributed by atoms with E-state index < -0.39 is 17.9 Å². The second kappa shape index (κ2) is 8.16. The molecule has 4 rings (SSSR count). The van der Waals surface area contributed by atoms with Crippen LogP contribution in [0.4, 0.5) is 4.39 Å². The zero-order valence-corrected chi connectivity index (χ0v) is 16.0. The Kier molecular flexibility index (Phi) is 5.26. The quantitative estimate of drug-likeness (QED) is 0.519. The number of benzene rings is 3. The van der Waals surface area contributed by atoms with Gasteiger partial charge in [-0.15, -0.1) is 0 Å². The Morgan fingerprint density at radius 3 is 2.37 bits per heavy atom. The Bertz CT molecular complexity index is 1220. The summed E-state index contributed by atoms with van der Waals surface area (Å²) in [5.41, 5.74) is 7.37. The van der Waals surface area contributed by atoms with Gasteiger partial charge >= 0.3 is 0 Å². The zero-order valence-electron chi connectivity index (χ0n) is 16.0. The third-order valence-corrected chi connectivity index (χ3v) is 4.84. The number of nitrogens with zero attached hydrogens (tertiary/aromatic N) is 2. The smallest absolute Gasteiger partial charge is 0.273 e. The maximum Gasteiger partial charge on any atom is 0.273 e. The van der Waals surface area contributed by atoms with Gasteiger partial charge in [0.15, 0.2) is 5.69 Å². The van der Waals surface area contributed by atoms with E-state index in [0.29, 0.717) is 22.0 Å². The molecule has 2 amide bonds. The van der Waals surface area contributed by atoms with E-state index in [1.807, 2.05) is 12.1 Å². The normalized spacial score (nSPS) is 11.9. The maximum absolute atomic E-state index is 14.1. The minimum absolute atomic E-state index is 0.143. The molecule has 1 aromatic heterocycles. The lowest BCUT2D eigenvalue weighted by molar-refractivity contribution is -0.120. The second-order valence-electron chi connectivity index (χ2n) is 6.83. The fourth-order valence-electron chi connectivity index (χ4n) is 3.37. The maximum atomic E-state index is 14.1. The lowest BCUT2D eigenvalue weighted by Gasteiger charge is -2.15. The molecular formula is C23H19FN4O2. The van der Waals surface area contributed by atoms with Gasteiger partial charge in [-0.1, -0.05) is 66.7 Å². The van der Waals surface area contributed by atoms with E-state index in [1.54, 1.807) is 65.3 Å². The Morgan fingerprint density at radius 1 is 0.967 bits per heavy atom. The number of primary amides is 1. The highest BCUT2D eigenvalue weighted by molar-refractivity contribution is 6.06. The summed E-state index contributed by atoms with van der Waals surface area (Å²) in [5.74, 6) is -1.56. The van der Waals surface area contributed by atoms with Gasteiger partial charge in [0.05, 0.1) is 12.1 Å². The van der Waals surface area contributed by atoms with Crippen LogP contribution in [0.5, 0.6) is 0 Å². The number of nitrogens with one attached hydrogen (secondary N) is 1. The standard InChI is InChI=1S/C23H19FN4O2/c24-18-12-6-4-10-16(18)14-28-19-13-7-5-11-17(19)21(27-28)23(30)26-20(22(25)29)15-8-2-1-3-9-15/h1-13,20H,14H2,(H2,25,29)(H,26,30). The predicted molar refractivity (Wildman–Crippen MR) is 111 cm³/mol. The van der Waals surface area contributed by atoms with Crippen molar-refractivity contribution < 1.29 is 14.0 Å². The van der Waals surface area contributed by atoms with Crippen LogP contribution in [0.2, 0.25) is 0 Å². The molecule has 0 fully saturated rings. The summed E-state index contributed by atoms with van der Waals surface area (Å²) >= 11 is 0. The van der Waals surface area contributed by atoms with Gasteiger partial charge in [0.2, 0.25) is 5.91 Å². The molecule has 0 saturated heterocycles. The van der Waals surface area contributed by atoms with E-state index in [2.05, 4.69) is 10.4 Å². The number of fused-ring (bicyclic) bond motifs is 1. The lowest BCUT2D eigenvalue weighted by Crippen LogP contribution is -2.37. The Morgan fingerprint density at radius 2 is 1.63 bits per heavy atom. The van der Waals surface area contributed by atoms with Crippen LogP contribution in [0.15, 0.2) is 78.9 Å². The molecule has 1 heterocycles. The molecule has 0 spiro atoms. The van der Waals surface area contributed by atoms with Crippen LogP contribution >= 0.6 is 0 Å². The van der Waals surface area contributed by atoms with Crippen LogP contribution in [0.1, 0.15) is 27.7 Å². The van der Waals surface area contributed by atoms with Gasteiger partial charge in [0, 0.05) is 10.9 Å². The molecule has 0 saturated carbocycles. The van der Waals surface area contributed by atoms with Crippen LogP contribution in [0, 0.1) is 5.82 Å². The molecular weight excluding hydrogens is 383 g/mol. The first-order valence-corrected chi connectivity index (χ1v) is 9.38. The van der Waals surface area contributed by atoms with Crippen molar-refractivity contribution in [1.82, 2.24) is 15.1 Å². The van der Waals surface area contributed by atoms with Crippen molar-refractivity contribution >= 4 is 22.7 Å². The van der Waals surface area contributed by atoms with Crippen molar-refractivity contribution in [2.45, 2.75) is 12.6 Å². The number of hydrogen-bond donors (Lipinski definition) is 2. The van der Waals surface area contributed by atoms with Gasteiger partial charge in [-0.05, 0) is 17.7 Å². The fourth-order valence-corrected chi connectivity index (χ4v) is 3.37. The molecule has 7 heteroatoms. The molecule has 0 aliphatic carbocycles. The van der Waals surface area contributed by atoms with E-state index in [-0.39, 0.29) is 18.1 Å².